The van der Waals surface area contributed by atoms with Crippen LogP contribution in [0.25, 0.3) is 5.52 Å². The fourth-order valence-electron chi connectivity index (χ4n) is 1.69. The van der Waals surface area contributed by atoms with Crippen molar-refractivity contribution in [3.05, 3.63) is 36.2 Å². The van der Waals surface area contributed by atoms with Crippen molar-refractivity contribution in [2.75, 3.05) is 18.6 Å². The first-order valence-corrected chi connectivity index (χ1v) is 6.92. The molecule has 0 radical (unpaired) electrons. The van der Waals surface area contributed by atoms with Gasteiger partial charge in [0, 0.05) is 18.3 Å². The van der Waals surface area contributed by atoms with Gasteiger partial charge in [0.05, 0.1) is 11.7 Å². The van der Waals surface area contributed by atoms with Crippen molar-refractivity contribution in [3.8, 4) is 0 Å². The van der Waals surface area contributed by atoms with Crippen molar-refractivity contribution in [1.29, 1.82) is 0 Å². The summed E-state index contributed by atoms with van der Waals surface area (Å²) in [6.45, 7) is 1.98. The van der Waals surface area contributed by atoms with E-state index in [-0.39, 0.29) is 0 Å². The number of thioether (sulfide) groups is 1. The van der Waals surface area contributed by atoms with Gasteiger partial charge in [0.25, 0.3) is 0 Å². The molecule has 0 atom stereocenters. The van der Waals surface area contributed by atoms with Crippen molar-refractivity contribution < 1.29 is 0 Å². The molecule has 0 aliphatic carbocycles. The largest absolute Gasteiger partial charge is 0.313 e. The number of rotatable bonds is 6. The molecule has 0 fully saturated rings. The van der Waals surface area contributed by atoms with Crippen LogP contribution in [0.5, 0.6) is 0 Å². The standard InChI is InChI=1S/C12H17N3S/c1-16-8-4-6-13-9-11-10-14-15-7-3-2-5-12(11)15/h2-3,5,7,10,13H,4,6,8-9H2,1H3. The zero-order valence-corrected chi connectivity index (χ0v) is 10.3. The van der Waals surface area contributed by atoms with Crippen molar-refractivity contribution in [3.63, 3.8) is 0 Å². The lowest BCUT2D eigenvalue weighted by molar-refractivity contribution is 0.681. The maximum atomic E-state index is 4.31. The summed E-state index contributed by atoms with van der Waals surface area (Å²) in [4.78, 5) is 0. The summed E-state index contributed by atoms with van der Waals surface area (Å²) in [5, 5.41) is 7.75. The predicted octanol–water partition coefficient (Wildman–Crippen LogP) is 2.18. The lowest BCUT2D eigenvalue weighted by Gasteiger charge is -2.02. The molecule has 0 saturated heterocycles. The van der Waals surface area contributed by atoms with Gasteiger partial charge in [-0.1, -0.05) is 6.07 Å². The minimum absolute atomic E-state index is 0.905. The van der Waals surface area contributed by atoms with E-state index < -0.39 is 0 Å². The van der Waals surface area contributed by atoms with Crippen LogP contribution in [0.1, 0.15) is 12.0 Å². The van der Waals surface area contributed by atoms with Gasteiger partial charge in [-0.15, -0.1) is 0 Å². The highest BCUT2D eigenvalue weighted by Gasteiger charge is 2.01. The van der Waals surface area contributed by atoms with Crippen molar-refractivity contribution >= 4 is 17.3 Å². The summed E-state index contributed by atoms with van der Waals surface area (Å²) in [7, 11) is 0. The van der Waals surface area contributed by atoms with E-state index in [0.29, 0.717) is 0 Å². The highest BCUT2D eigenvalue weighted by Crippen LogP contribution is 2.09. The van der Waals surface area contributed by atoms with Gasteiger partial charge >= 0.3 is 0 Å². The number of fused-ring (bicyclic) bond motifs is 1. The molecule has 0 saturated carbocycles. The van der Waals surface area contributed by atoms with Crippen LogP contribution in [0.15, 0.2) is 30.6 Å². The third kappa shape index (κ3) is 2.77. The monoisotopic (exact) mass is 235 g/mol. The van der Waals surface area contributed by atoms with E-state index in [9.17, 15) is 0 Å². The molecule has 4 heteroatoms. The highest BCUT2D eigenvalue weighted by molar-refractivity contribution is 7.98. The SMILES string of the molecule is CSCCCNCc1cnn2ccccc12. The summed E-state index contributed by atoms with van der Waals surface area (Å²) in [5.41, 5.74) is 2.46. The first-order chi connectivity index (χ1) is 7.92. The molecule has 0 bridgehead atoms. The summed E-state index contributed by atoms with van der Waals surface area (Å²) in [6, 6.07) is 6.15. The molecule has 0 unspecified atom stereocenters. The lowest BCUT2D eigenvalue weighted by atomic mass is 10.2. The normalized spacial score (nSPS) is 11.1. The van der Waals surface area contributed by atoms with Crippen LogP contribution in [0.3, 0.4) is 0 Å². The molecule has 2 aromatic heterocycles. The maximum Gasteiger partial charge on any atom is 0.0706 e. The van der Waals surface area contributed by atoms with Gasteiger partial charge in [-0.25, -0.2) is 4.52 Å². The van der Waals surface area contributed by atoms with Crippen LogP contribution >= 0.6 is 11.8 Å². The lowest BCUT2D eigenvalue weighted by Crippen LogP contribution is -2.15. The van der Waals surface area contributed by atoms with E-state index in [1.807, 2.05) is 40.8 Å². The minimum Gasteiger partial charge on any atom is -0.313 e. The Kier molecular flexibility index (Phi) is 4.25. The van der Waals surface area contributed by atoms with Gasteiger partial charge in [-0.2, -0.15) is 16.9 Å². The molecular formula is C12H17N3S. The molecule has 2 rings (SSSR count). The van der Waals surface area contributed by atoms with E-state index in [1.165, 1.54) is 23.3 Å². The van der Waals surface area contributed by atoms with E-state index >= 15 is 0 Å². The second-order valence-corrected chi connectivity index (χ2v) is 4.71. The molecule has 1 N–H and O–H groups in total. The number of nitrogens with zero attached hydrogens (tertiary/aromatic N) is 2. The van der Waals surface area contributed by atoms with Crippen LogP contribution < -0.4 is 5.32 Å². The highest BCUT2D eigenvalue weighted by atomic mass is 32.2. The van der Waals surface area contributed by atoms with Crippen LogP contribution in [-0.2, 0) is 6.54 Å². The Labute approximate surface area is 100 Å². The second kappa shape index (κ2) is 5.92. The van der Waals surface area contributed by atoms with E-state index in [1.54, 1.807) is 0 Å². The molecule has 16 heavy (non-hydrogen) atoms. The number of aromatic nitrogens is 2. The Bertz CT molecular complexity index is 439. The van der Waals surface area contributed by atoms with Gasteiger partial charge in [0.15, 0.2) is 0 Å². The molecule has 0 aliphatic rings. The van der Waals surface area contributed by atoms with Gasteiger partial charge in [0.2, 0.25) is 0 Å². The average molecular weight is 235 g/mol. The molecule has 0 aromatic carbocycles. The third-order valence-corrected chi connectivity index (χ3v) is 3.22. The smallest absolute Gasteiger partial charge is 0.0706 e. The van der Waals surface area contributed by atoms with Crippen LogP contribution in [0.2, 0.25) is 0 Å². The van der Waals surface area contributed by atoms with Gasteiger partial charge in [-0.3, -0.25) is 0 Å². The fourth-order valence-corrected chi connectivity index (χ4v) is 2.12. The van der Waals surface area contributed by atoms with Gasteiger partial charge in [-0.05, 0) is 37.1 Å². The zero-order chi connectivity index (χ0) is 11.2. The summed E-state index contributed by atoms with van der Waals surface area (Å²) in [5.74, 6) is 1.22. The topological polar surface area (TPSA) is 29.3 Å². The third-order valence-electron chi connectivity index (χ3n) is 2.52. The summed E-state index contributed by atoms with van der Waals surface area (Å²) >= 11 is 1.90. The zero-order valence-electron chi connectivity index (χ0n) is 9.52. The van der Waals surface area contributed by atoms with Crippen molar-refractivity contribution in [1.82, 2.24) is 14.9 Å². The minimum atomic E-state index is 0.905. The summed E-state index contributed by atoms with van der Waals surface area (Å²) in [6.07, 6.45) is 7.29. The molecule has 2 aromatic rings. The number of hydrogen-bond donors (Lipinski definition) is 1. The van der Waals surface area contributed by atoms with E-state index in [2.05, 4.69) is 22.7 Å². The van der Waals surface area contributed by atoms with Crippen LogP contribution in [-0.4, -0.2) is 28.2 Å². The van der Waals surface area contributed by atoms with Crippen molar-refractivity contribution in [2.24, 2.45) is 0 Å². The van der Waals surface area contributed by atoms with Crippen LogP contribution in [0.4, 0.5) is 0 Å². The number of hydrogen-bond acceptors (Lipinski definition) is 3. The fraction of sp³-hybridized carbons (Fsp3) is 0.417. The number of nitrogens with one attached hydrogen (secondary N) is 1. The first-order valence-electron chi connectivity index (χ1n) is 5.52. The Hall–Kier alpha value is -1.00. The Morgan fingerprint density at radius 1 is 1.44 bits per heavy atom. The van der Waals surface area contributed by atoms with E-state index in [0.717, 1.165) is 13.1 Å². The van der Waals surface area contributed by atoms with E-state index in [4.69, 9.17) is 0 Å². The first kappa shape index (κ1) is 11.5. The van der Waals surface area contributed by atoms with Crippen LogP contribution in [0, 0.1) is 0 Å². The Balaban J connectivity index is 1.89. The number of pyridine rings is 1. The molecule has 0 aliphatic heterocycles. The molecule has 2 heterocycles. The van der Waals surface area contributed by atoms with Gasteiger partial charge in [0.1, 0.15) is 0 Å². The molecule has 86 valence electrons. The van der Waals surface area contributed by atoms with Gasteiger partial charge < -0.3 is 5.32 Å². The summed E-state index contributed by atoms with van der Waals surface area (Å²) < 4.78 is 1.92. The second-order valence-electron chi connectivity index (χ2n) is 3.72. The predicted molar refractivity (Wildman–Crippen MR) is 69.9 cm³/mol. The Morgan fingerprint density at radius 3 is 3.25 bits per heavy atom. The molecular weight excluding hydrogens is 218 g/mol. The van der Waals surface area contributed by atoms with Crippen molar-refractivity contribution in [2.45, 2.75) is 13.0 Å². The molecule has 0 spiro atoms. The maximum absolute atomic E-state index is 4.31. The average Bonchev–Trinajstić information content (AvgIpc) is 2.73. The molecule has 0 amide bonds. The quantitative estimate of drug-likeness (QED) is 0.778. The molecule has 3 nitrogen and oxygen atoms in total. The Morgan fingerprint density at radius 2 is 2.38 bits per heavy atom.